The molecule has 0 atom stereocenters. The number of carbonyl (C=O) groups is 1. The number of hydrogen-bond donors (Lipinski definition) is 1. The van der Waals surface area contributed by atoms with Crippen molar-refractivity contribution in [2.45, 2.75) is 16.7 Å². The second-order valence-electron chi connectivity index (χ2n) is 4.11. The molecule has 0 saturated carbocycles. The topological polar surface area (TPSA) is 80.4 Å². The van der Waals surface area contributed by atoms with Gasteiger partial charge in [-0.3, -0.25) is 10.1 Å². The van der Waals surface area contributed by atoms with Gasteiger partial charge in [0.05, 0.1) is 10.5 Å². The van der Waals surface area contributed by atoms with Gasteiger partial charge in [-0.1, -0.05) is 30.0 Å². The third-order valence-electron chi connectivity index (χ3n) is 2.72. The molecule has 0 aromatic heterocycles. The van der Waals surface area contributed by atoms with E-state index < -0.39 is 10.9 Å². The molecule has 0 amide bonds. The highest BCUT2D eigenvalue weighted by Gasteiger charge is 2.17. The predicted molar refractivity (Wildman–Crippen MR) is 75.4 cm³/mol. The Morgan fingerprint density at radius 3 is 2.50 bits per heavy atom. The lowest BCUT2D eigenvalue weighted by Gasteiger charge is -2.08. The van der Waals surface area contributed by atoms with Gasteiger partial charge in [0, 0.05) is 21.9 Å². The van der Waals surface area contributed by atoms with Crippen molar-refractivity contribution in [3.63, 3.8) is 0 Å². The van der Waals surface area contributed by atoms with Crippen molar-refractivity contribution < 1.29 is 14.8 Å². The van der Waals surface area contributed by atoms with E-state index in [9.17, 15) is 20.0 Å². The summed E-state index contributed by atoms with van der Waals surface area (Å²) < 4.78 is 0. The SMILES string of the molecule is Cc1ccccc1Sc1ccc([N+](=O)[O-])cc1C(=O)O. The minimum atomic E-state index is -1.18. The van der Waals surface area contributed by atoms with E-state index in [0.29, 0.717) is 4.90 Å². The highest BCUT2D eigenvalue weighted by Crippen LogP contribution is 2.34. The molecule has 2 rings (SSSR count). The monoisotopic (exact) mass is 289 g/mol. The Labute approximate surface area is 119 Å². The molecule has 0 aliphatic heterocycles. The Kier molecular flexibility index (Phi) is 4.05. The third-order valence-corrected chi connectivity index (χ3v) is 3.97. The van der Waals surface area contributed by atoms with E-state index in [1.807, 2.05) is 31.2 Å². The second-order valence-corrected chi connectivity index (χ2v) is 5.19. The molecule has 5 nitrogen and oxygen atoms in total. The van der Waals surface area contributed by atoms with Gasteiger partial charge in [-0.25, -0.2) is 4.79 Å². The fourth-order valence-electron chi connectivity index (χ4n) is 1.68. The van der Waals surface area contributed by atoms with Crippen LogP contribution in [0.5, 0.6) is 0 Å². The average molecular weight is 289 g/mol. The number of carboxylic acid groups (broad SMARTS) is 1. The lowest BCUT2D eigenvalue weighted by atomic mass is 10.2. The minimum absolute atomic E-state index is 0.0625. The molecule has 0 spiro atoms. The normalized spacial score (nSPS) is 10.2. The number of hydrogen-bond acceptors (Lipinski definition) is 4. The van der Waals surface area contributed by atoms with Gasteiger partial charge in [0.1, 0.15) is 0 Å². The van der Waals surface area contributed by atoms with Gasteiger partial charge < -0.3 is 5.11 Å². The van der Waals surface area contributed by atoms with Gasteiger partial charge in [-0.05, 0) is 24.6 Å². The summed E-state index contributed by atoms with van der Waals surface area (Å²) in [4.78, 5) is 22.7. The van der Waals surface area contributed by atoms with E-state index in [-0.39, 0.29) is 11.3 Å². The zero-order valence-electron chi connectivity index (χ0n) is 10.6. The first-order valence-electron chi connectivity index (χ1n) is 5.74. The van der Waals surface area contributed by atoms with Gasteiger partial charge in [0.25, 0.3) is 5.69 Å². The number of nitro benzene ring substituents is 1. The van der Waals surface area contributed by atoms with Gasteiger partial charge in [0.15, 0.2) is 0 Å². The van der Waals surface area contributed by atoms with E-state index in [4.69, 9.17) is 0 Å². The first-order chi connectivity index (χ1) is 9.49. The molecule has 0 radical (unpaired) electrons. The summed E-state index contributed by atoms with van der Waals surface area (Å²) >= 11 is 1.29. The molecule has 1 N–H and O–H groups in total. The molecular formula is C14H11NO4S. The molecule has 0 aliphatic rings. The zero-order chi connectivity index (χ0) is 14.7. The summed E-state index contributed by atoms with van der Waals surface area (Å²) in [7, 11) is 0. The van der Waals surface area contributed by atoms with E-state index >= 15 is 0 Å². The smallest absolute Gasteiger partial charge is 0.337 e. The first kappa shape index (κ1) is 14.1. The Hall–Kier alpha value is -2.34. The number of carboxylic acids is 1. The Balaban J connectivity index is 2.44. The Bertz CT molecular complexity index is 685. The van der Waals surface area contributed by atoms with E-state index in [0.717, 1.165) is 16.5 Å². The van der Waals surface area contributed by atoms with E-state index in [1.165, 1.54) is 23.9 Å². The van der Waals surface area contributed by atoms with Crippen LogP contribution in [0.3, 0.4) is 0 Å². The lowest BCUT2D eigenvalue weighted by Crippen LogP contribution is -2.00. The van der Waals surface area contributed by atoms with Gasteiger partial charge in [-0.15, -0.1) is 0 Å². The van der Waals surface area contributed by atoms with Crippen molar-refractivity contribution in [2.24, 2.45) is 0 Å². The summed E-state index contributed by atoms with van der Waals surface area (Å²) in [5.41, 5.74) is 0.733. The van der Waals surface area contributed by atoms with Crippen molar-refractivity contribution in [1.29, 1.82) is 0 Å². The maximum absolute atomic E-state index is 11.2. The average Bonchev–Trinajstić information content (AvgIpc) is 2.41. The minimum Gasteiger partial charge on any atom is -0.478 e. The Morgan fingerprint density at radius 2 is 1.90 bits per heavy atom. The first-order valence-corrected chi connectivity index (χ1v) is 6.56. The maximum Gasteiger partial charge on any atom is 0.337 e. The van der Waals surface area contributed by atoms with Gasteiger partial charge in [0.2, 0.25) is 0 Å². The van der Waals surface area contributed by atoms with Crippen LogP contribution >= 0.6 is 11.8 Å². The second kappa shape index (κ2) is 5.75. The highest BCUT2D eigenvalue weighted by atomic mass is 32.2. The maximum atomic E-state index is 11.2. The van der Waals surface area contributed by atoms with E-state index in [2.05, 4.69) is 0 Å². The largest absolute Gasteiger partial charge is 0.478 e. The van der Waals surface area contributed by atoms with Crippen LogP contribution in [0.25, 0.3) is 0 Å². The van der Waals surface area contributed by atoms with Crippen molar-refractivity contribution >= 4 is 23.4 Å². The number of rotatable bonds is 4. The van der Waals surface area contributed by atoms with Crippen molar-refractivity contribution in [3.05, 3.63) is 63.7 Å². The third kappa shape index (κ3) is 2.97. The fraction of sp³-hybridized carbons (Fsp3) is 0.0714. The number of benzene rings is 2. The van der Waals surface area contributed by atoms with Crippen LogP contribution in [0.4, 0.5) is 5.69 Å². The van der Waals surface area contributed by atoms with Crippen LogP contribution in [0.2, 0.25) is 0 Å². The van der Waals surface area contributed by atoms with Gasteiger partial charge in [-0.2, -0.15) is 0 Å². The number of nitrogens with zero attached hydrogens (tertiary/aromatic N) is 1. The molecule has 0 bridgehead atoms. The zero-order valence-corrected chi connectivity index (χ0v) is 11.4. The van der Waals surface area contributed by atoms with Crippen LogP contribution in [0.1, 0.15) is 15.9 Å². The summed E-state index contributed by atoms with van der Waals surface area (Å²) in [6.07, 6.45) is 0. The molecule has 20 heavy (non-hydrogen) atoms. The van der Waals surface area contributed by atoms with Crippen LogP contribution in [-0.2, 0) is 0 Å². The molecular weight excluding hydrogens is 278 g/mol. The van der Waals surface area contributed by atoms with Gasteiger partial charge >= 0.3 is 5.97 Å². The molecule has 102 valence electrons. The lowest BCUT2D eigenvalue weighted by molar-refractivity contribution is -0.384. The summed E-state index contributed by atoms with van der Waals surface area (Å²) in [5.74, 6) is -1.18. The number of non-ortho nitro benzene ring substituents is 1. The fourth-order valence-corrected chi connectivity index (χ4v) is 2.68. The molecule has 2 aromatic rings. The number of nitro groups is 1. The highest BCUT2D eigenvalue weighted by molar-refractivity contribution is 7.99. The van der Waals surface area contributed by atoms with E-state index in [1.54, 1.807) is 0 Å². The molecule has 0 fully saturated rings. The number of aryl methyl sites for hydroxylation is 1. The summed E-state index contributed by atoms with van der Waals surface area (Å²) in [5, 5.41) is 19.9. The van der Waals surface area contributed by atoms with Crippen molar-refractivity contribution in [2.75, 3.05) is 0 Å². The van der Waals surface area contributed by atoms with Crippen LogP contribution in [0, 0.1) is 17.0 Å². The standard InChI is InChI=1S/C14H11NO4S/c1-9-4-2-3-5-12(9)20-13-7-6-10(15(18)19)8-11(13)14(16)17/h2-8H,1H3,(H,16,17). The molecule has 2 aromatic carbocycles. The molecule has 0 unspecified atom stereocenters. The molecule has 6 heteroatoms. The predicted octanol–water partition coefficient (Wildman–Crippen LogP) is 3.75. The number of aromatic carboxylic acids is 1. The Morgan fingerprint density at radius 1 is 1.20 bits per heavy atom. The summed E-state index contributed by atoms with van der Waals surface area (Å²) in [6, 6.07) is 11.4. The quantitative estimate of drug-likeness (QED) is 0.684. The van der Waals surface area contributed by atoms with Crippen molar-refractivity contribution in [3.8, 4) is 0 Å². The van der Waals surface area contributed by atoms with Crippen molar-refractivity contribution in [1.82, 2.24) is 0 Å². The molecule has 0 aliphatic carbocycles. The van der Waals surface area contributed by atoms with Crippen LogP contribution < -0.4 is 0 Å². The molecule has 0 saturated heterocycles. The van der Waals surface area contributed by atoms with Crippen LogP contribution in [0.15, 0.2) is 52.3 Å². The molecule has 0 heterocycles. The van der Waals surface area contributed by atoms with Crippen LogP contribution in [-0.4, -0.2) is 16.0 Å². The summed E-state index contributed by atoms with van der Waals surface area (Å²) in [6.45, 7) is 1.92.